The normalized spacial score (nSPS) is 24.1. The van der Waals surface area contributed by atoms with E-state index in [2.05, 4.69) is 17.4 Å². The minimum atomic E-state index is 0. The van der Waals surface area contributed by atoms with E-state index in [1.165, 1.54) is 5.56 Å². The van der Waals surface area contributed by atoms with E-state index in [-0.39, 0.29) is 12.4 Å². The zero-order chi connectivity index (χ0) is 11.4. The van der Waals surface area contributed by atoms with E-state index in [1.54, 1.807) is 7.11 Å². The molecule has 1 heterocycles. The maximum absolute atomic E-state index is 5.86. The number of piperidine rings is 1. The molecule has 1 aromatic rings. The smallest absolute Gasteiger partial charge is 0.0598 e. The zero-order valence-corrected chi connectivity index (χ0v) is 11.6. The Labute approximate surface area is 114 Å². The molecule has 1 saturated heterocycles. The lowest BCUT2D eigenvalue weighted by Crippen LogP contribution is -2.42. The summed E-state index contributed by atoms with van der Waals surface area (Å²) in [6.45, 7) is 1.05. The van der Waals surface area contributed by atoms with Gasteiger partial charge in [0.05, 0.1) is 6.10 Å². The van der Waals surface area contributed by atoms with Gasteiger partial charge in [-0.2, -0.15) is 0 Å². The molecule has 2 rings (SSSR count). The summed E-state index contributed by atoms with van der Waals surface area (Å²) in [7, 11) is 1.80. The highest BCUT2D eigenvalue weighted by molar-refractivity contribution is 6.30. The lowest BCUT2D eigenvalue weighted by Gasteiger charge is -2.29. The fraction of sp³-hybridized carbons (Fsp3) is 0.538. The van der Waals surface area contributed by atoms with Gasteiger partial charge < -0.3 is 10.1 Å². The molecular formula is C13H19Cl2NO. The van der Waals surface area contributed by atoms with Crippen LogP contribution in [0.2, 0.25) is 5.02 Å². The van der Waals surface area contributed by atoms with Crippen molar-refractivity contribution in [3.63, 3.8) is 0 Å². The molecule has 0 radical (unpaired) electrons. The van der Waals surface area contributed by atoms with Crippen LogP contribution in [0.5, 0.6) is 0 Å². The van der Waals surface area contributed by atoms with Gasteiger partial charge in [0.1, 0.15) is 0 Å². The first-order chi connectivity index (χ1) is 7.78. The summed E-state index contributed by atoms with van der Waals surface area (Å²) in [6, 6.07) is 8.63. The molecule has 17 heavy (non-hydrogen) atoms. The number of ether oxygens (including phenoxy) is 1. The summed E-state index contributed by atoms with van der Waals surface area (Å²) in [6.07, 6.45) is 3.68. The summed E-state index contributed by atoms with van der Waals surface area (Å²) < 4.78 is 5.42. The van der Waals surface area contributed by atoms with Gasteiger partial charge in [0.15, 0.2) is 0 Å². The van der Waals surface area contributed by atoms with Crippen molar-refractivity contribution in [3.05, 3.63) is 34.9 Å². The summed E-state index contributed by atoms with van der Waals surface area (Å²) in [5.74, 6) is 0. The number of nitrogens with one attached hydrogen (secondary N) is 1. The van der Waals surface area contributed by atoms with Crippen molar-refractivity contribution in [2.24, 2.45) is 0 Å². The maximum Gasteiger partial charge on any atom is 0.0598 e. The topological polar surface area (TPSA) is 21.3 Å². The van der Waals surface area contributed by atoms with Crippen LogP contribution in [0.25, 0.3) is 0 Å². The molecule has 2 atom stereocenters. The molecule has 96 valence electrons. The second-order valence-electron chi connectivity index (χ2n) is 4.36. The van der Waals surface area contributed by atoms with E-state index in [0.29, 0.717) is 12.1 Å². The summed E-state index contributed by atoms with van der Waals surface area (Å²) >= 11 is 5.86. The zero-order valence-electron chi connectivity index (χ0n) is 9.99. The van der Waals surface area contributed by atoms with Gasteiger partial charge in [-0.15, -0.1) is 12.4 Å². The monoisotopic (exact) mass is 275 g/mol. The number of hydrogen-bond acceptors (Lipinski definition) is 2. The first-order valence-electron chi connectivity index (χ1n) is 5.78. The van der Waals surface area contributed by atoms with Gasteiger partial charge in [0, 0.05) is 18.2 Å². The van der Waals surface area contributed by atoms with Gasteiger partial charge in [0.2, 0.25) is 0 Å². The van der Waals surface area contributed by atoms with Crippen LogP contribution in [0.3, 0.4) is 0 Å². The lowest BCUT2D eigenvalue weighted by atomic mass is 9.96. The maximum atomic E-state index is 5.86. The average Bonchev–Trinajstić information content (AvgIpc) is 2.32. The first-order valence-corrected chi connectivity index (χ1v) is 6.16. The second kappa shape index (κ2) is 7.22. The van der Waals surface area contributed by atoms with Gasteiger partial charge in [-0.25, -0.2) is 0 Å². The molecule has 1 aliphatic rings. The fourth-order valence-corrected chi connectivity index (χ4v) is 2.37. The SMILES string of the molecule is CO[C@@H]1CCN[C@@H](Cc2ccc(Cl)cc2)C1.Cl. The average molecular weight is 276 g/mol. The summed E-state index contributed by atoms with van der Waals surface area (Å²) in [5, 5.41) is 4.33. The summed E-state index contributed by atoms with van der Waals surface area (Å²) in [4.78, 5) is 0. The molecule has 0 spiro atoms. The van der Waals surface area contributed by atoms with E-state index in [4.69, 9.17) is 16.3 Å². The van der Waals surface area contributed by atoms with Crippen molar-refractivity contribution in [2.75, 3.05) is 13.7 Å². The van der Waals surface area contributed by atoms with Crippen LogP contribution in [-0.4, -0.2) is 25.8 Å². The Morgan fingerprint density at radius 3 is 2.71 bits per heavy atom. The molecule has 0 bridgehead atoms. The van der Waals surface area contributed by atoms with E-state index in [9.17, 15) is 0 Å². The van der Waals surface area contributed by atoms with Crippen LogP contribution in [-0.2, 0) is 11.2 Å². The van der Waals surface area contributed by atoms with Gasteiger partial charge in [0.25, 0.3) is 0 Å². The Morgan fingerprint density at radius 2 is 2.06 bits per heavy atom. The molecule has 2 nitrogen and oxygen atoms in total. The molecule has 0 saturated carbocycles. The predicted octanol–water partition coefficient (Wildman–Crippen LogP) is 3.07. The Bertz CT molecular complexity index is 329. The van der Waals surface area contributed by atoms with E-state index in [1.807, 2.05) is 12.1 Å². The molecule has 1 N–H and O–H groups in total. The van der Waals surface area contributed by atoms with E-state index < -0.39 is 0 Å². The van der Waals surface area contributed by atoms with E-state index >= 15 is 0 Å². The van der Waals surface area contributed by atoms with Crippen molar-refractivity contribution in [2.45, 2.75) is 31.4 Å². The molecule has 1 fully saturated rings. The van der Waals surface area contributed by atoms with Crippen LogP contribution in [0.15, 0.2) is 24.3 Å². The molecule has 0 aliphatic carbocycles. The third-order valence-electron chi connectivity index (χ3n) is 3.18. The number of rotatable bonds is 3. The van der Waals surface area contributed by atoms with Crippen molar-refractivity contribution in [1.29, 1.82) is 0 Å². The Morgan fingerprint density at radius 1 is 1.35 bits per heavy atom. The quantitative estimate of drug-likeness (QED) is 0.916. The van der Waals surface area contributed by atoms with Crippen molar-refractivity contribution in [1.82, 2.24) is 5.32 Å². The largest absolute Gasteiger partial charge is 0.381 e. The standard InChI is InChI=1S/C13H18ClNO.ClH/c1-16-13-6-7-15-12(9-13)8-10-2-4-11(14)5-3-10;/h2-5,12-13,15H,6-9H2,1H3;1H/t12-,13+;/m0./s1. The number of halogens is 2. The van der Waals surface area contributed by atoms with Crippen LogP contribution < -0.4 is 5.32 Å². The number of hydrogen-bond donors (Lipinski definition) is 1. The van der Waals surface area contributed by atoms with Crippen molar-refractivity contribution in [3.8, 4) is 0 Å². The highest BCUT2D eigenvalue weighted by atomic mass is 35.5. The number of benzene rings is 1. The highest BCUT2D eigenvalue weighted by Crippen LogP contribution is 2.17. The van der Waals surface area contributed by atoms with Gasteiger partial charge in [-0.05, 0) is 43.5 Å². The van der Waals surface area contributed by atoms with Crippen molar-refractivity contribution < 1.29 is 4.74 Å². The third kappa shape index (κ3) is 4.47. The number of methoxy groups -OCH3 is 1. The van der Waals surface area contributed by atoms with Crippen LogP contribution in [0.1, 0.15) is 18.4 Å². The minimum Gasteiger partial charge on any atom is -0.381 e. The van der Waals surface area contributed by atoms with Crippen LogP contribution >= 0.6 is 24.0 Å². The van der Waals surface area contributed by atoms with E-state index in [0.717, 1.165) is 30.8 Å². The molecule has 0 aromatic heterocycles. The summed E-state index contributed by atoms with van der Waals surface area (Å²) in [5.41, 5.74) is 1.33. The van der Waals surface area contributed by atoms with Crippen molar-refractivity contribution >= 4 is 24.0 Å². The Hall–Kier alpha value is -0.280. The molecule has 0 amide bonds. The molecular weight excluding hydrogens is 257 g/mol. The predicted molar refractivity (Wildman–Crippen MR) is 74.2 cm³/mol. The van der Waals surface area contributed by atoms with Crippen LogP contribution in [0.4, 0.5) is 0 Å². The Balaban J connectivity index is 0.00000144. The third-order valence-corrected chi connectivity index (χ3v) is 3.43. The highest BCUT2D eigenvalue weighted by Gasteiger charge is 2.20. The van der Waals surface area contributed by atoms with Gasteiger partial charge in [-0.1, -0.05) is 23.7 Å². The minimum absolute atomic E-state index is 0. The molecule has 1 aromatic carbocycles. The second-order valence-corrected chi connectivity index (χ2v) is 4.80. The van der Waals surface area contributed by atoms with Gasteiger partial charge >= 0.3 is 0 Å². The first kappa shape index (κ1) is 14.8. The molecule has 0 unspecified atom stereocenters. The van der Waals surface area contributed by atoms with Crippen LogP contribution in [0, 0.1) is 0 Å². The Kier molecular flexibility index (Phi) is 6.28. The van der Waals surface area contributed by atoms with Gasteiger partial charge in [-0.3, -0.25) is 0 Å². The molecule has 4 heteroatoms. The molecule has 1 aliphatic heterocycles. The fourth-order valence-electron chi connectivity index (χ4n) is 2.24. The lowest BCUT2D eigenvalue weighted by molar-refractivity contribution is 0.0621.